The van der Waals surface area contributed by atoms with E-state index in [2.05, 4.69) is 16.3 Å². The summed E-state index contributed by atoms with van der Waals surface area (Å²) < 4.78 is 10.3. The highest BCUT2D eigenvalue weighted by Gasteiger charge is 2.08. The van der Waals surface area contributed by atoms with Crippen LogP contribution in [-0.4, -0.2) is 41.3 Å². The van der Waals surface area contributed by atoms with Crippen molar-refractivity contribution in [2.75, 3.05) is 27.2 Å². The largest absolute Gasteiger partial charge is 0.492 e. The van der Waals surface area contributed by atoms with Crippen LogP contribution < -0.4 is 10.4 Å². The van der Waals surface area contributed by atoms with Crippen LogP contribution in [0, 0.1) is 0 Å². The lowest BCUT2D eigenvalue weighted by Crippen LogP contribution is -2.21. The van der Waals surface area contributed by atoms with Gasteiger partial charge in [0.25, 0.3) is 0 Å². The van der Waals surface area contributed by atoms with E-state index in [4.69, 9.17) is 4.74 Å². The number of thiophene rings is 1. The van der Waals surface area contributed by atoms with E-state index in [0.717, 1.165) is 28.6 Å². The predicted molar refractivity (Wildman–Crippen MR) is 124 cm³/mol. The second-order valence-corrected chi connectivity index (χ2v) is 9.32. The van der Waals surface area contributed by atoms with E-state index in [0.29, 0.717) is 6.61 Å². The third kappa shape index (κ3) is 4.87. The van der Waals surface area contributed by atoms with Gasteiger partial charge >= 0.3 is 5.69 Å². The Morgan fingerprint density at radius 1 is 0.933 bits per heavy atom. The number of rotatable bonds is 8. The maximum Gasteiger partial charge on any atom is 0.337 e. The van der Waals surface area contributed by atoms with Gasteiger partial charge in [0.15, 0.2) is 0 Å². The number of hydrogen-bond donors (Lipinski definition) is 0. The van der Waals surface area contributed by atoms with Crippen molar-refractivity contribution in [1.29, 1.82) is 0 Å². The molecular formula is C23H23N3O2S2. The maximum atomic E-state index is 12.9. The van der Waals surface area contributed by atoms with Crippen molar-refractivity contribution in [3.05, 3.63) is 88.9 Å². The van der Waals surface area contributed by atoms with Gasteiger partial charge in [0.05, 0.1) is 15.6 Å². The zero-order chi connectivity index (χ0) is 20.9. The highest BCUT2D eigenvalue weighted by atomic mass is 32.2. The average molecular weight is 438 g/mol. The van der Waals surface area contributed by atoms with Crippen molar-refractivity contribution < 1.29 is 4.74 Å². The van der Waals surface area contributed by atoms with Crippen molar-refractivity contribution >= 4 is 23.1 Å². The number of nitrogens with zero attached hydrogens (tertiary/aromatic N) is 3. The molecule has 0 aliphatic carbocycles. The lowest BCUT2D eigenvalue weighted by atomic mass is 10.3. The van der Waals surface area contributed by atoms with E-state index >= 15 is 0 Å². The van der Waals surface area contributed by atoms with E-state index in [-0.39, 0.29) is 5.69 Å². The van der Waals surface area contributed by atoms with E-state index in [1.165, 1.54) is 4.21 Å². The summed E-state index contributed by atoms with van der Waals surface area (Å²) in [6.45, 7) is 1.48. The first kappa shape index (κ1) is 20.5. The molecule has 0 saturated heterocycles. The smallest absolute Gasteiger partial charge is 0.337 e. The van der Waals surface area contributed by atoms with Gasteiger partial charge in [-0.2, -0.15) is 0 Å². The molecule has 0 spiro atoms. The van der Waals surface area contributed by atoms with Crippen molar-refractivity contribution in [3.63, 3.8) is 0 Å². The number of hydrogen-bond acceptors (Lipinski definition) is 5. The molecule has 2 heterocycles. The maximum absolute atomic E-state index is 12.9. The summed E-state index contributed by atoms with van der Waals surface area (Å²) in [5, 5.41) is 2.07. The monoisotopic (exact) mass is 437 g/mol. The minimum absolute atomic E-state index is 0.102. The van der Waals surface area contributed by atoms with E-state index in [9.17, 15) is 4.79 Å². The van der Waals surface area contributed by atoms with Gasteiger partial charge < -0.3 is 9.64 Å². The third-order valence-electron chi connectivity index (χ3n) is 4.53. The van der Waals surface area contributed by atoms with Crippen LogP contribution in [0.4, 0.5) is 0 Å². The Morgan fingerprint density at radius 3 is 2.13 bits per heavy atom. The molecule has 0 aliphatic heterocycles. The molecule has 7 heteroatoms. The zero-order valence-electron chi connectivity index (χ0n) is 16.9. The molecule has 4 aromatic rings. The summed E-state index contributed by atoms with van der Waals surface area (Å²) in [5.74, 6) is 0.798. The Labute approximate surface area is 184 Å². The van der Waals surface area contributed by atoms with Crippen LogP contribution in [-0.2, 0) is 0 Å². The highest BCUT2D eigenvalue weighted by Crippen LogP contribution is 2.31. The summed E-state index contributed by atoms with van der Waals surface area (Å²) in [6, 6.07) is 19.8. The molecule has 30 heavy (non-hydrogen) atoms. The average Bonchev–Trinajstić information content (AvgIpc) is 3.39. The van der Waals surface area contributed by atoms with Gasteiger partial charge in [-0.05, 0) is 74.1 Å². The molecule has 0 saturated carbocycles. The van der Waals surface area contributed by atoms with Crippen molar-refractivity contribution in [2.24, 2.45) is 0 Å². The number of ether oxygens (including phenoxy) is 1. The number of aromatic nitrogens is 2. The molecule has 0 amide bonds. The second kappa shape index (κ2) is 9.38. The molecule has 0 N–H and O–H groups in total. The van der Waals surface area contributed by atoms with Gasteiger partial charge in [-0.1, -0.05) is 17.8 Å². The van der Waals surface area contributed by atoms with Crippen LogP contribution >= 0.6 is 23.1 Å². The second-order valence-electron chi connectivity index (χ2n) is 6.99. The van der Waals surface area contributed by atoms with Gasteiger partial charge in [0.1, 0.15) is 12.4 Å². The fourth-order valence-corrected chi connectivity index (χ4v) is 4.68. The van der Waals surface area contributed by atoms with E-state index < -0.39 is 0 Å². The normalized spacial score (nSPS) is 11.2. The van der Waals surface area contributed by atoms with Gasteiger partial charge in [-0.3, -0.25) is 9.13 Å². The minimum Gasteiger partial charge on any atom is -0.492 e. The van der Waals surface area contributed by atoms with E-state index in [1.807, 2.05) is 68.7 Å². The summed E-state index contributed by atoms with van der Waals surface area (Å²) in [6.07, 6.45) is 3.59. The molecular weight excluding hydrogens is 414 g/mol. The Hall–Kier alpha value is -2.74. The summed E-state index contributed by atoms with van der Waals surface area (Å²) in [7, 11) is 4.03. The fourth-order valence-electron chi connectivity index (χ4n) is 2.93. The lowest BCUT2D eigenvalue weighted by molar-refractivity contribution is 0.261. The molecule has 0 aliphatic rings. The predicted octanol–water partition coefficient (Wildman–Crippen LogP) is 4.78. The molecule has 0 radical (unpaired) electrons. The van der Waals surface area contributed by atoms with Crippen LogP contribution in [0.5, 0.6) is 5.75 Å². The van der Waals surface area contributed by atoms with Crippen LogP contribution in [0.15, 0.2) is 92.3 Å². The Kier molecular flexibility index (Phi) is 6.42. The van der Waals surface area contributed by atoms with Gasteiger partial charge in [0.2, 0.25) is 0 Å². The Morgan fingerprint density at radius 2 is 1.57 bits per heavy atom. The molecule has 4 rings (SSSR count). The summed E-state index contributed by atoms with van der Waals surface area (Å²) >= 11 is 3.45. The minimum atomic E-state index is -0.102. The first-order valence-corrected chi connectivity index (χ1v) is 11.3. The van der Waals surface area contributed by atoms with Crippen molar-refractivity contribution in [1.82, 2.24) is 14.0 Å². The fraction of sp³-hybridized carbons (Fsp3) is 0.174. The van der Waals surface area contributed by atoms with Crippen LogP contribution in [0.3, 0.4) is 0 Å². The summed E-state index contributed by atoms with van der Waals surface area (Å²) in [5.41, 5.74) is 1.55. The molecule has 2 aromatic heterocycles. The number of benzene rings is 2. The Balaban J connectivity index is 1.47. The number of imidazole rings is 1. The van der Waals surface area contributed by atoms with Crippen molar-refractivity contribution in [2.45, 2.75) is 9.10 Å². The first-order valence-electron chi connectivity index (χ1n) is 9.60. The number of likely N-dealkylation sites (N-methyl/N-ethyl adjacent to an activating group) is 1. The van der Waals surface area contributed by atoms with Crippen LogP contribution in [0.1, 0.15) is 0 Å². The molecule has 154 valence electrons. The SMILES string of the molecule is CN(C)CCOc1ccc(-n2ccn(-c3ccc(Sc4cccs4)cc3)c2=O)cc1. The topological polar surface area (TPSA) is 39.4 Å². The van der Waals surface area contributed by atoms with E-state index in [1.54, 1.807) is 44.6 Å². The quantitative estimate of drug-likeness (QED) is 0.398. The first-order chi connectivity index (χ1) is 14.6. The van der Waals surface area contributed by atoms with Gasteiger partial charge in [-0.15, -0.1) is 11.3 Å². The van der Waals surface area contributed by atoms with Crippen molar-refractivity contribution in [3.8, 4) is 17.1 Å². The molecule has 0 bridgehead atoms. The molecule has 0 unspecified atom stereocenters. The molecule has 0 fully saturated rings. The molecule has 0 atom stereocenters. The molecule has 5 nitrogen and oxygen atoms in total. The Bertz CT molecular complexity index is 1130. The van der Waals surface area contributed by atoms with Gasteiger partial charge in [0, 0.05) is 23.8 Å². The van der Waals surface area contributed by atoms with Crippen LogP contribution in [0.25, 0.3) is 11.4 Å². The van der Waals surface area contributed by atoms with Gasteiger partial charge in [-0.25, -0.2) is 4.79 Å². The summed E-state index contributed by atoms with van der Waals surface area (Å²) in [4.78, 5) is 16.2. The standard InChI is InChI=1S/C23H23N3O2S2/c1-24(2)15-16-28-20-9-5-18(6-10-20)25-13-14-26(23(25)27)19-7-11-21(12-8-19)30-22-4-3-17-29-22/h3-14,17H,15-16H2,1-2H3. The highest BCUT2D eigenvalue weighted by molar-refractivity contribution is 8.01. The zero-order valence-corrected chi connectivity index (χ0v) is 18.5. The molecule has 2 aromatic carbocycles. The lowest BCUT2D eigenvalue weighted by Gasteiger charge is -2.11. The van der Waals surface area contributed by atoms with Crippen LogP contribution in [0.2, 0.25) is 0 Å². The third-order valence-corrected chi connectivity index (χ3v) is 6.57.